The van der Waals surface area contributed by atoms with Crippen LogP contribution in [0.4, 0.5) is 0 Å². The van der Waals surface area contributed by atoms with Crippen LogP contribution in [0.5, 0.6) is 0 Å². The number of amides is 1. The Morgan fingerprint density at radius 2 is 2.00 bits per heavy atom. The monoisotopic (exact) mass is 327 g/mol. The van der Waals surface area contributed by atoms with E-state index in [2.05, 4.69) is 15.1 Å². The normalized spacial score (nSPS) is 22.9. The smallest absolute Gasteiger partial charge is 0.272 e. The molecule has 0 N–H and O–H groups in total. The van der Waals surface area contributed by atoms with E-state index in [1.54, 1.807) is 17.1 Å². The summed E-state index contributed by atoms with van der Waals surface area (Å²) in [5, 5.41) is 4.54. The first-order valence-electron chi connectivity index (χ1n) is 8.34. The summed E-state index contributed by atoms with van der Waals surface area (Å²) < 4.78 is 7.54. The van der Waals surface area contributed by atoms with Gasteiger partial charge in [-0.05, 0) is 13.8 Å². The number of aryl methyl sites for hydroxylation is 1. The van der Waals surface area contributed by atoms with Crippen LogP contribution < -0.4 is 0 Å². The van der Waals surface area contributed by atoms with Crippen molar-refractivity contribution in [2.75, 3.05) is 6.54 Å². The molecule has 0 saturated heterocycles. The predicted octanol–water partition coefficient (Wildman–Crippen LogP) is 1.43. The maximum atomic E-state index is 13.2. The molecule has 2 aliphatic rings. The average Bonchev–Trinajstić information content (AvgIpc) is 2.90. The Bertz CT molecular complexity index is 800. The van der Waals surface area contributed by atoms with Gasteiger partial charge in [-0.3, -0.25) is 19.4 Å². The van der Waals surface area contributed by atoms with E-state index in [1.807, 2.05) is 25.8 Å². The Kier molecular flexibility index (Phi) is 3.60. The molecule has 1 amide bonds. The zero-order valence-corrected chi connectivity index (χ0v) is 14.2. The van der Waals surface area contributed by atoms with Gasteiger partial charge in [0.1, 0.15) is 5.69 Å². The number of carbonyl (C=O) groups is 1. The Hall–Kier alpha value is -2.28. The fraction of sp³-hybridized carbons (Fsp3) is 0.529. The van der Waals surface area contributed by atoms with Crippen molar-refractivity contribution in [3.05, 3.63) is 40.7 Å². The minimum atomic E-state index is -0.0792. The number of aromatic nitrogens is 4. The molecule has 2 aromatic rings. The topological polar surface area (TPSA) is 73.1 Å². The number of ether oxygens (including phenoxy) is 1. The molecule has 7 nitrogen and oxygen atoms in total. The highest BCUT2D eigenvalue weighted by molar-refractivity contribution is 5.94. The molecule has 2 aliphatic heterocycles. The molecule has 0 unspecified atom stereocenters. The third-order valence-corrected chi connectivity index (χ3v) is 4.80. The summed E-state index contributed by atoms with van der Waals surface area (Å²) in [5.74, 6) is 0.0175. The van der Waals surface area contributed by atoms with E-state index < -0.39 is 0 Å². The van der Waals surface area contributed by atoms with Crippen LogP contribution in [-0.2, 0) is 31.2 Å². The van der Waals surface area contributed by atoms with E-state index in [9.17, 15) is 4.79 Å². The molecule has 2 atom stereocenters. The van der Waals surface area contributed by atoms with E-state index in [0.717, 1.165) is 35.5 Å². The van der Waals surface area contributed by atoms with Crippen molar-refractivity contribution in [3.63, 3.8) is 0 Å². The van der Waals surface area contributed by atoms with Crippen LogP contribution in [0.2, 0.25) is 0 Å². The summed E-state index contributed by atoms with van der Waals surface area (Å²) in [7, 11) is 1.83. The molecule has 0 aliphatic carbocycles. The number of rotatable bonds is 1. The van der Waals surface area contributed by atoms with Crippen LogP contribution in [0.25, 0.3) is 0 Å². The van der Waals surface area contributed by atoms with Gasteiger partial charge in [-0.2, -0.15) is 5.10 Å². The summed E-state index contributed by atoms with van der Waals surface area (Å²) in [6.45, 7) is 5.19. The van der Waals surface area contributed by atoms with Crippen LogP contribution >= 0.6 is 0 Å². The summed E-state index contributed by atoms with van der Waals surface area (Å²) in [6, 6.07) is 0. The van der Waals surface area contributed by atoms with Gasteiger partial charge in [-0.15, -0.1) is 0 Å². The van der Waals surface area contributed by atoms with Gasteiger partial charge in [0.05, 0.1) is 35.8 Å². The van der Waals surface area contributed by atoms with Crippen molar-refractivity contribution < 1.29 is 9.53 Å². The highest BCUT2D eigenvalue weighted by Gasteiger charge is 2.34. The fourth-order valence-corrected chi connectivity index (χ4v) is 3.69. The number of hydrogen-bond acceptors (Lipinski definition) is 5. The lowest BCUT2D eigenvalue weighted by Crippen LogP contribution is -2.38. The first-order chi connectivity index (χ1) is 11.5. The molecular weight excluding hydrogens is 306 g/mol. The van der Waals surface area contributed by atoms with Gasteiger partial charge >= 0.3 is 0 Å². The largest absolute Gasteiger partial charge is 0.369 e. The second-order valence-electron chi connectivity index (χ2n) is 6.56. The third-order valence-electron chi connectivity index (χ3n) is 4.80. The zero-order valence-electron chi connectivity index (χ0n) is 14.2. The lowest BCUT2D eigenvalue weighted by Gasteiger charge is -2.29. The van der Waals surface area contributed by atoms with Crippen LogP contribution in [0.3, 0.4) is 0 Å². The van der Waals surface area contributed by atoms with Gasteiger partial charge in [-0.1, -0.05) is 0 Å². The second-order valence-corrected chi connectivity index (χ2v) is 6.56. The fourth-order valence-electron chi connectivity index (χ4n) is 3.69. The molecule has 0 fully saturated rings. The lowest BCUT2D eigenvalue weighted by atomic mass is 9.99. The molecular formula is C17H21N5O2. The number of nitrogens with zero attached hydrogens (tertiary/aromatic N) is 5. The molecule has 0 aromatic carbocycles. The second kappa shape index (κ2) is 5.66. The predicted molar refractivity (Wildman–Crippen MR) is 86.4 cm³/mol. The summed E-state index contributed by atoms with van der Waals surface area (Å²) >= 11 is 0. The minimum absolute atomic E-state index is 0.0175. The van der Waals surface area contributed by atoms with Gasteiger partial charge in [0.15, 0.2) is 0 Å². The molecule has 24 heavy (non-hydrogen) atoms. The Morgan fingerprint density at radius 1 is 1.25 bits per heavy atom. The molecule has 7 heteroatoms. The van der Waals surface area contributed by atoms with Crippen molar-refractivity contribution in [2.24, 2.45) is 7.05 Å². The minimum Gasteiger partial charge on any atom is -0.369 e. The molecule has 2 aromatic heterocycles. The quantitative estimate of drug-likeness (QED) is 0.792. The molecule has 0 bridgehead atoms. The molecule has 0 radical (unpaired) electrons. The van der Waals surface area contributed by atoms with Crippen molar-refractivity contribution in [1.29, 1.82) is 0 Å². The van der Waals surface area contributed by atoms with Gasteiger partial charge < -0.3 is 9.64 Å². The summed E-state index contributed by atoms with van der Waals surface area (Å²) in [6.07, 6.45) is 4.86. The molecule has 4 rings (SSSR count). The van der Waals surface area contributed by atoms with E-state index in [4.69, 9.17) is 4.74 Å². The highest BCUT2D eigenvalue weighted by Crippen LogP contribution is 2.32. The third kappa shape index (κ3) is 2.39. The van der Waals surface area contributed by atoms with Gasteiger partial charge in [0.2, 0.25) is 0 Å². The maximum Gasteiger partial charge on any atom is 0.272 e. The highest BCUT2D eigenvalue weighted by atomic mass is 16.5. The summed E-state index contributed by atoms with van der Waals surface area (Å²) in [4.78, 5) is 23.7. The van der Waals surface area contributed by atoms with Crippen molar-refractivity contribution in [2.45, 2.75) is 45.4 Å². The first-order valence-corrected chi connectivity index (χ1v) is 8.34. The standard InChI is InChI=1S/C17H21N5O2/c1-10-8-12-15(11(2)24-10)20-21(3)16(12)17(23)22-7-4-13-14(9-22)19-6-5-18-13/h5-6,10-11H,4,7-9H2,1-3H3/t10-,11+/m1/s1. The van der Waals surface area contributed by atoms with Crippen molar-refractivity contribution >= 4 is 5.91 Å². The van der Waals surface area contributed by atoms with E-state index in [0.29, 0.717) is 18.8 Å². The van der Waals surface area contributed by atoms with Crippen molar-refractivity contribution in [3.8, 4) is 0 Å². The van der Waals surface area contributed by atoms with Gasteiger partial charge in [0.25, 0.3) is 5.91 Å². The van der Waals surface area contributed by atoms with E-state index >= 15 is 0 Å². The van der Waals surface area contributed by atoms with E-state index in [-0.39, 0.29) is 18.1 Å². The average molecular weight is 327 g/mol. The maximum absolute atomic E-state index is 13.2. The van der Waals surface area contributed by atoms with Crippen LogP contribution in [-0.4, -0.2) is 43.2 Å². The molecule has 0 spiro atoms. The van der Waals surface area contributed by atoms with Gasteiger partial charge in [-0.25, -0.2) is 0 Å². The Balaban J connectivity index is 1.67. The lowest BCUT2D eigenvalue weighted by molar-refractivity contribution is -0.00714. The summed E-state index contributed by atoms with van der Waals surface area (Å²) in [5.41, 5.74) is 4.47. The SMILES string of the molecule is C[C@@H]1Cc2c(nn(C)c2C(=O)N2CCc3nccnc3C2)[C@H](C)O1. The Labute approximate surface area is 140 Å². The zero-order chi connectivity index (χ0) is 16.8. The Morgan fingerprint density at radius 3 is 2.79 bits per heavy atom. The van der Waals surface area contributed by atoms with Gasteiger partial charge in [0, 0.05) is 44.4 Å². The molecule has 126 valence electrons. The number of hydrogen-bond donors (Lipinski definition) is 0. The van der Waals surface area contributed by atoms with Crippen molar-refractivity contribution in [1.82, 2.24) is 24.6 Å². The van der Waals surface area contributed by atoms with Crippen LogP contribution in [0.1, 0.15) is 53.1 Å². The number of fused-ring (bicyclic) bond motifs is 2. The van der Waals surface area contributed by atoms with E-state index in [1.165, 1.54) is 0 Å². The van der Waals surface area contributed by atoms with Crippen LogP contribution in [0, 0.1) is 0 Å². The molecule has 4 heterocycles. The number of carbonyl (C=O) groups excluding carboxylic acids is 1. The molecule has 0 saturated carbocycles. The van der Waals surface area contributed by atoms with Crippen LogP contribution in [0.15, 0.2) is 12.4 Å². The first kappa shape index (κ1) is 15.3.